The van der Waals surface area contributed by atoms with Gasteiger partial charge in [-0.2, -0.15) is 18.3 Å². The van der Waals surface area contributed by atoms with Crippen LogP contribution < -0.4 is 5.32 Å². The number of hydrogen-bond donors (Lipinski definition) is 1. The Morgan fingerprint density at radius 1 is 1.24 bits per heavy atom. The van der Waals surface area contributed by atoms with E-state index in [1.807, 2.05) is 0 Å². The highest BCUT2D eigenvalue weighted by Crippen LogP contribution is 2.41. The molecule has 1 atom stereocenters. The van der Waals surface area contributed by atoms with Gasteiger partial charge in [-0.25, -0.2) is 14.3 Å². The lowest BCUT2D eigenvalue weighted by molar-refractivity contribution is -0.142. The van der Waals surface area contributed by atoms with Crippen molar-refractivity contribution in [2.24, 2.45) is 5.92 Å². The standard InChI is InChI=1S/C25H20BrF3N4O3S/c1-12-8-9-14-16(10-12)37-23(18(14)24(35)36-2)31-22(34)20-19(26)21-30-15(13-6-4-3-5-7-13)11-17(25(27,28)29)33(21)32-20/h3-7,11-12H,8-10H2,1-2H3,(H,31,34)/t12-/m1/s1. The van der Waals surface area contributed by atoms with Crippen LogP contribution >= 0.6 is 27.3 Å². The minimum atomic E-state index is -4.76. The molecule has 1 aromatic carbocycles. The summed E-state index contributed by atoms with van der Waals surface area (Å²) in [5.41, 5.74) is 0.157. The smallest absolute Gasteiger partial charge is 0.433 e. The van der Waals surface area contributed by atoms with E-state index in [2.05, 4.69) is 38.3 Å². The fourth-order valence-electron chi connectivity index (χ4n) is 4.41. The van der Waals surface area contributed by atoms with Crippen molar-refractivity contribution in [3.05, 3.63) is 68.3 Å². The van der Waals surface area contributed by atoms with Crippen LogP contribution in [-0.2, 0) is 23.8 Å². The van der Waals surface area contributed by atoms with Crippen molar-refractivity contribution in [2.45, 2.75) is 32.4 Å². The molecule has 37 heavy (non-hydrogen) atoms. The van der Waals surface area contributed by atoms with Crippen LogP contribution in [0.3, 0.4) is 0 Å². The van der Waals surface area contributed by atoms with Gasteiger partial charge in [-0.3, -0.25) is 4.79 Å². The monoisotopic (exact) mass is 592 g/mol. The Kier molecular flexibility index (Phi) is 6.57. The summed E-state index contributed by atoms with van der Waals surface area (Å²) in [6.45, 7) is 2.11. The number of esters is 1. The molecule has 192 valence electrons. The second-order valence-corrected chi connectivity index (χ2v) is 10.7. The second-order valence-electron chi connectivity index (χ2n) is 8.79. The highest BCUT2D eigenvalue weighted by molar-refractivity contribution is 9.10. The summed E-state index contributed by atoms with van der Waals surface area (Å²) in [6, 6.07) is 9.32. The number of thiophene rings is 1. The number of fused-ring (bicyclic) bond motifs is 2. The zero-order valence-electron chi connectivity index (χ0n) is 19.6. The number of nitrogens with one attached hydrogen (secondary N) is 1. The number of benzene rings is 1. The Balaban J connectivity index is 1.59. The van der Waals surface area contributed by atoms with Gasteiger partial charge in [-0.05, 0) is 52.7 Å². The molecule has 0 fully saturated rings. The molecule has 0 unspecified atom stereocenters. The molecule has 7 nitrogen and oxygen atoms in total. The number of anilines is 1. The zero-order chi connectivity index (χ0) is 26.5. The van der Waals surface area contributed by atoms with Gasteiger partial charge in [-0.1, -0.05) is 37.3 Å². The van der Waals surface area contributed by atoms with Gasteiger partial charge < -0.3 is 10.1 Å². The molecule has 0 bridgehead atoms. The Hall–Kier alpha value is -3.25. The largest absolute Gasteiger partial charge is 0.465 e. The molecular weight excluding hydrogens is 573 g/mol. The molecule has 1 amide bonds. The van der Waals surface area contributed by atoms with Crippen LogP contribution in [0.25, 0.3) is 16.9 Å². The lowest BCUT2D eigenvalue weighted by Crippen LogP contribution is -2.17. The predicted octanol–water partition coefficient (Wildman–Crippen LogP) is 6.40. The molecule has 12 heteroatoms. The third kappa shape index (κ3) is 4.63. The molecule has 3 aromatic heterocycles. The number of halogens is 4. The van der Waals surface area contributed by atoms with E-state index in [0.29, 0.717) is 22.4 Å². The molecule has 1 N–H and O–H groups in total. The molecule has 4 aromatic rings. The Morgan fingerprint density at radius 3 is 2.65 bits per heavy atom. The van der Waals surface area contributed by atoms with Crippen molar-refractivity contribution < 1.29 is 27.5 Å². The van der Waals surface area contributed by atoms with Gasteiger partial charge >= 0.3 is 12.1 Å². The minimum Gasteiger partial charge on any atom is -0.465 e. The van der Waals surface area contributed by atoms with E-state index < -0.39 is 23.7 Å². The average molecular weight is 593 g/mol. The number of methoxy groups -OCH3 is 1. The lowest BCUT2D eigenvalue weighted by atomic mass is 9.88. The maximum atomic E-state index is 14.0. The van der Waals surface area contributed by atoms with Gasteiger partial charge in [0.05, 0.1) is 22.8 Å². The summed E-state index contributed by atoms with van der Waals surface area (Å²) in [6.07, 6.45) is -2.42. The van der Waals surface area contributed by atoms with Crippen LogP contribution in [-0.4, -0.2) is 33.6 Å². The van der Waals surface area contributed by atoms with Crippen LogP contribution in [0, 0.1) is 5.92 Å². The summed E-state index contributed by atoms with van der Waals surface area (Å²) in [7, 11) is 1.26. The van der Waals surface area contributed by atoms with Gasteiger partial charge in [0.2, 0.25) is 0 Å². The van der Waals surface area contributed by atoms with Crippen LogP contribution in [0.4, 0.5) is 18.2 Å². The van der Waals surface area contributed by atoms with Crippen molar-refractivity contribution in [3.8, 4) is 11.3 Å². The molecule has 0 radical (unpaired) electrons. The van der Waals surface area contributed by atoms with Gasteiger partial charge in [0.1, 0.15) is 5.00 Å². The number of ether oxygens (including phenoxy) is 1. The van der Waals surface area contributed by atoms with Crippen molar-refractivity contribution in [1.29, 1.82) is 0 Å². The summed E-state index contributed by atoms with van der Waals surface area (Å²) in [5.74, 6) is -0.924. The molecule has 1 aliphatic rings. The molecule has 3 heterocycles. The quantitative estimate of drug-likeness (QED) is 0.277. The molecule has 0 spiro atoms. The van der Waals surface area contributed by atoms with Crippen molar-refractivity contribution in [1.82, 2.24) is 14.6 Å². The first-order valence-corrected chi connectivity index (χ1v) is 13.0. The first-order valence-electron chi connectivity index (χ1n) is 11.3. The minimum absolute atomic E-state index is 0.00263. The molecule has 0 aliphatic heterocycles. The summed E-state index contributed by atoms with van der Waals surface area (Å²) >= 11 is 4.51. The van der Waals surface area contributed by atoms with E-state index in [1.54, 1.807) is 30.3 Å². The molecule has 1 aliphatic carbocycles. The average Bonchev–Trinajstić information content (AvgIpc) is 3.39. The number of aromatic nitrogens is 3. The van der Waals surface area contributed by atoms with Crippen molar-refractivity contribution >= 4 is 49.8 Å². The van der Waals surface area contributed by atoms with Gasteiger partial charge in [0.25, 0.3) is 5.91 Å². The number of carbonyl (C=O) groups is 2. The SMILES string of the molecule is COC(=O)c1c(NC(=O)c2nn3c(C(F)(F)F)cc(-c4ccccc4)nc3c2Br)sc2c1CC[C@@H](C)C2. The van der Waals surface area contributed by atoms with E-state index in [1.165, 1.54) is 18.4 Å². The summed E-state index contributed by atoms with van der Waals surface area (Å²) in [5, 5.41) is 6.93. The van der Waals surface area contributed by atoms with Crippen LogP contribution in [0.1, 0.15) is 50.3 Å². The normalized spacial score (nSPS) is 15.5. The van der Waals surface area contributed by atoms with E-state index in [4.69, 9.17) is 4.74 Å². The zero-order valence-corrected chi connectivity index (χ0v) is 22.1. The Labute approximate surface area is 221 Å². The molecular formula is C25H20BrF3N4O3S. The first-order chi connectivity index (χ1) is 17.6. The van der Waals surface area contributed by atoms with Gasteiger partial charge in [0.15, 0.2) is 17.0 Å². The van der Waals surface area contributed by atoms with E-state index >= 15 is 0 Å². The van der Waals surface area contributed by atoms with Crippen LogP contribution in [0.15, 0.2) is 40.9 Å². The van der Waals surface area contributed by atoms with E-state index in [9.17, 15) is 22.8 Å². The Morgan fingerprint density at radius 2 is 1.97 bits per heavy atom. The first kappa shape index (κ1) is 25.4. The van der Waals surface area contributed by atoms with Gasteiger partial charge in [0, 0.05) is 10.4 Å². The number of rotatable bonds is 4. The van der Waals surface area contributed by atoms with E-state index in [0.717, 1.165) is 29.3 Å². The Bertz CT molecular complexity index is 1530. The fraction of sp³-hybridized carbons (Fsp3) is 0.280. The van der Waals surface area contributed by atoms with Crippen molar-refractivity contribution in [3.63, 3.8) is 0 Å². The fourth-order valence-corrected chi connectivity index (χ4v) is 6.32. The maximum absolute atomic E-state index is 14.0. The molecule has 0 saturated carbocycles. The number of hydrogen-bond acceptors (Lipinski definition) is 6. The molecule has 5 rings (SSSR count). The summed E-state index contributed by atoms with van der Waals surface area (Å²) < 4.78 is 47.5. The maximum Gasteiger partial charge on any atom is 0.433 e. The topological polar surface area (TPSA) is 85.6 Å². The lowest BCUT2D eigenvalue weighted by Gasteiger charge is -2.18. The molecule has 0 saturated heterocycles. The van der Waals surface area contributed by atoms with Crippen LogP contribution in [0.5, 0.6) is 0 Å². The second kappa shape index (κ2) is 9.56. The number of alkyl halides is 3. The third-order valence-corrected chi connectivity index (χ3v) is 8.14. The van der Waals surface area contributed by atoms with Crippen molar-refractivity contribution in [2.75, 3.05) is 12.4 Å². The number of amides is 1. The number of carbonyl (C=O) groups excluding carboxylic acids is 2. The predicted molar refractivity (Wildman–Crippen MR) is 136 cm³/mol. The van der Waals surface area contributed by atoms with E-state index in [-0.39, 0.29) is 32.1 Å². The highest BCUT2D eigenvalue weighted by atomic mass is 79.9. The number of nitrogens with zero attached hydrogens (tertiary/aromatic N) is 3. The van der Waals surface area contributed by atoms with Crippen LogP contribution in [0.2, 0.25) is 0 Å². The third-order valence-electron chi connectivity index (χ3n) is 6.24. The summed E-state index contributed by atoms with van der Waals surface area (Å²) in [4.78, 5) is 31.2. The highest BCUT2D eigenvalue weighted by Gasteiger charge is 2.37. The van der Waals surface area contributed by atoms with Gasteiger partial charge in [-0.15, -0.1) is 11.3 Å².